The van der Waals surface area contributed by atoms with Gasteiger partial charge in [0.1, 0.15) is 0 Å². The van der Waals surface area contributed by atoms with Crippen molar-refractivity contribution in [2.75, 3.05) is 5.32 Å². The Morgan fingerprint density at radius 2 is 1.58 bits per heavy atom. The standard InChI is InChI=1S/C29H39BN2O5S/c1-17(2)22-9-8-10-23(18(3)4)26(22)31-27(33)32-38(34,35)21-13-11-20(12-14-21)30-36-25-16-19-15-24(28(19,5)6)29(25,7)37-30/h8-14,17-19,24-25H,15-16H2,1-7H3,(H2,31,32,33)/t19-,24-,25+,29-/m0/s1. The van der Waals surface area contributed by atoms with Crippen LogP contribution in [0.2, 0.25) is 0 Å². The number of sulfonamides is 1. The highest BCUT2D eigenvalue weighted by molar-refractivity contribution is 7.90. The third-order valence-corrected chi connectivity index (χ3v) is 10.6. The molecule has 0 spiro atoms. The summed E-state index contributed by atoms with van der Waals surface area (Å²) in [6.45, 7) is 14.9. The van der Waals surface area contributed by atoms with Gasteiger partial charge in [-0.05, 0) is 77.6 Å². The van der Waals surface area contributed by atoms with Crippen molar-refractivity contribution in [1.29, 1.82) is 0 Å². The van der Waals surface area contributed by atoms with E-state index >= 15 is 0 Å². The number of rotatable bonds is 6. The first-order valence-electron chi connectivity index (χ1n) is 13.6. The molecule has 0 aromatic heterocycles. The molecule has 6 rings (SSSR count). The molecule has 0 unspecified atom stereocenters. The van der Waals surface area contributed by atoms with E-state index < -0.39 is 23.2 Å². The number of para-hydroxylation sites is 1. The summed E-state index contributed by atoms with van der Waals surface area (Å²) < 4.78 is 41.1. The number of hydrogen-bond acceptors (Lipinski definition) is 5. The summed E-state index contributed by atoms with van der Waals surface area (Å²) in [5.74, 6) is 1.43. The van der Waals surface area contributed by atoms with Gasteiger partial charge in [0.15, 0.2) is 0 Å². The van der Waals surface area contributed by atoms with Gasteiger partial charge in [0.05, 0.1) is 16.6 Å². The monoisotopic (exact) mass is 538 g/mol. The maximum Gasteiger partial charge on any atom is 0.494 e. The van der Waals surface area contributed by atoms with Crippen molar-refractivity contribution in [2.45, 2.75) is 89.7 Å². The van der Waals surface area contributed by atoms with Crippen LogP contribution in [0, 0.1) is 17.3 Å². The lowest BCUT2D eigenvalue weighted by Gasteiger charge is -2.64. The van der Waals surface area contributed by atoms with Gasteiger partial charge in [-0.15, -0.1) is 0 Å². The minimum atomic E-state index is -4.08. The first kappa shape index (κ1) is 27.2. The van der Waals surface area contributed by atoms with E-state index in [1.165, 1.54) is 18.6 Å². The Morgan fingerprint density at radius 1 is 0.974 bits per heavy atom. The van der Waals surface area contributed by atoms with Crippen LogP contribution in [0.1, 0.15) is 84.3 Å². The molecule has 2 N–H and O–H groups in total. The Balaban J connectivity index is 1.29. The van der Waals surface area contributed by atoms with Crippen molar-refractivity contribution in [1.82, 2.24) is 4.72 Å². The molecule has 7 nitrogen and oxygen atoms in total. The summed E-state index contributed by atoms with van der Waals surface area (Å²) >= 11 is 0. The largest absolute Gasteiger partial charge is 0.494 e. The molecule has 1 saturated heterocycles. The third kappa shape index (κ3) is 4.46. The lowest BCUT2D eigenvalue weighted by atomic mass is 9.43. The highest BCUT2D eigenvalue weighted by atomic mass is 32.2. The summed E-state index contributed by atoms with van der Waals surface area (Å²) in [6, 6.07) is 11.5. The van der Waals surface area contributed by atoms with E-state index in [2.05, 4.69) is 30.8 Å². The Hall–Kier alpha value is -2.36. The minimum absolute atomic E-state index is 0.00245. The van der Waals surface area contributed by atoms with Gasteiger partial charge in [0.2, 0.25) is 0 Å². The van der Waals surface area contributed by atoms with Crippen LogP contribution in [-0.2, 0) is 19.3 Å². The maximum absolute atomic E-state index is 13.0. The van der Waals surface area contributed by atoms with Crippen molar-refractivity contribution in [3.05, 3.63) is 53.6 Å². The number of anilines is 1. The molecule has 0 radical (unpaired) electrons. The lowest BCUT2D eigenvalue weighted by Crippen LogP contribution is -2.65. The predicted molar refractivity (Wildman–Crippen MR) is 150 cm³/mol. The third-order valence-electron chi connectivity index (χ3n) is 9.25. The number of carbonyl (C=O) groups excluding carboxylic acids is 1. The maximum atomic E-state index is 13.0. The van der Waals surface area contributed by atoms with Crippen molar-refractivity contribution in [3.8, 4) is 0 Å². The van der Waals surface area contributed by atoms with Gasteiger partial charge in [0.25, 0.3) is 10.0 Å². The Morgan fingerprint density at radius 3 is 2.13 bits per heavy atom. The number of hydrogen-bond donors (Lipinski definition) is 2. The Bertz CT molecular complexity index is 1310. The molecule has 4 fully saturated rings. The average molecular weight is 539 g/mol. The van der Waals surface area contributed by atoms with E-state index in [4.69, 9.17) is 9.31 Å². The van der Waals surface area contributed by atoms with Crippen LogP contribution < -0.4 is 15.5 Å². The average Bonchev–Trinajstić information content (AvgIpc) is 3.20. The second-order valence-electron chi connectivity index (χ2n) is 12.6. The lowest BCUT2D eigenvalue weighted by molar-refractivity contribution is -0.199. The van der Waals surface area contributed by atoms with Gasteiger partial charge in [-0.25, -0.2) is 17.9 Å². The van der Waals surface area contributed by atoms with Gasteiger partial charge in [-0.2, -0.15) is 0 Å². The molecule has 204 valence electrons. The van der Waals surface area contributed by atoms with Crippen LogP contribution in [0.5, 0.6) is 0 Å². The van der Waals surface area contributed by atoms with Crippen LogP contribution in [0.25, 0.3) is 0 Å². The molecular weight excluding hydrogens is 499 g/mol. The minimum Gasteiger partial charge on any atom is -0.402 e. The molecule has 2 bridgehead atoms. The second kappa shape index (κ2) is 9.38. The smallest absolute Gasteiger partial charge is 0.402 e. The van der Waals surface area contributed by atoms with E-state index in [1.807, 2.05) is 45.9 Å². The molecular formula is C29H39BN2O5S. The SMILES string of the molecule is CC(C)c1cccc(C(C)C)c1NC(=O)NS(=O)(=O)c1ccc(B2O[C@@H]3C[C@@H]4C[C@@H](C4(C)C)[C@]3(C)O2)cc1. The van der Waals surface area contributed by atoms with Crippen molar-refractivity contribution >= 4 is 34.3 Å². The molecule has 2 aromatic rings. The molecule has 3 saturated carbocycles. The summed E-state index contributed by atoms with van der Waals surface area (Å²) in [7, 11) is -4.61. The van der Waals surface area contributed by atoms with E-state index in [0.29, 0.717) is 17.5 Å². The van der Waals surface area contributed by atoms with Gasteiger partial charge in [-0.3, -0.25) is 0 Å². The van der Waals surface area contributed by atoms with E-state index in [9.17, 15) is 13.2 Å². The Kier molecular flexibility index (Phi) is 6.72. The van der Waals surface area contributed by atoms with Gasteiger partial charge < -0.3 is 14.6 Å². The van der Waals surface area contributed by atoms with Crippen molar-refractivity contribution in [3.63, 3.8) is 0 Å². The summed E-state index contributed by atoms with van der Waals surface area (Å²) in [5.41, 5.74) is 3.26. The first-order chi connectivity index (χ1) is 17.7. The van der Waals surface area contributed by atoms with Crippen molar-refractivity contribution < 1.29 is 22.5 Å². The summed E-state index contributed by atoms with van der Waals surface area (Å²) in [6.07, 6.45) is 2.20. The Labute approximate surface area is 227 Å². The number of nitrogens with one attached hydrogen (secondary N) is 2. The zero-order valence-corrected chi connectivity index (χ0v) is 24.2. The second-order valence-corrected chi connectivity index (χ2v) is 14.2. The number of amides is 2. The fourth-order valence-corrected chi connectivity index (χ4v) is 7.74. The zero-order chi connectivity index (χ0) is 27.6. The van der Waals surface area contributed by atoms with E-state index in [-0.39, 0.29) is 33.9 Å². The fraction of sp³-hybridized carbons (Fsp3) is 0.552. The summed E-state index contributed by atoms with van der Waals surface area (Å²) in [5, 5.41) is 2.80. The highest BCUT2D eigenvalue weighted by Crippen LogP contribution is 2.65. The molecule has 4 atom stereocenters. The van der Waals surface area contributed by atoms with Crippen LogP contribution in [0.4, 0.5) is 10.5 Å². The fourth-order valence-electron chi connectivity index (χ4n) is 6.83. The van der Waals surface area contributed by atoms with Gasteiger partial charge in [0, 0.05) is 5.69 Å². The predicted octanol–water partition coefficient (Wildman–Crippen LogP) is 5.38. The van der Waals surface area contributed by atoms with E-state index in [1.54, 1.807) is 12.1 Å². The van der Waals surface area contributed by atoms with Crippen molar-refractivity contribution in [2.24, 2.45) is 17.3 Å². The molecule has 2 amide bonds. The molecule has 9 heteroatoms. The zero-order valence-electron chi connectivity index (χ0n) is 23.4. The van der Waals surface area contributed by atoms with Crippen LogP contribution in [0.15, 0.2) is 47.4 Å². The number of benzene rings is 2. The van der Waals surface area contributed by atoms with E-state index in [0.717, 1.165) is 23.0 Å². The normalized spacial score (nSPS) is 27.7. The number of carbonyl (C=O) groups is 1. The quantitative estimate of drug-likeness (QED) is 0.482. The molecule has 1 heterocycles. The van der Waals surface area contributed by atoms with Crippen LogP contribution >= 0.6 is 0 Å². The first-order valence-corrected chi connectivity index (χ1v) is 15.1. The molecule has 3 aliphatic carbocycles. The van der Waals surface area contributed by atoms with Gasteiger partial charge in [-0.1, -0.05) is 71.9 Å². The molecule has 1 aliphatic heterocycles. The molecule has 38 heavy (non-hydrogen) atoms. The topological polar surface area (TPSA) is 93.7 Å². The molecule has 4 aliphatic rings. The van der Waals surface area contributed by atoms with Crippen LogP contribution in [0.3, 0.4) is 0 Å². The van der Waals surface area contributed by atoms with Crippen LogP contribution in [-0.4, -0.2) is 33.3 Å². The molecule has 2 aromatic carbocycles. The number of urea groups is 1. The summed E-state index contributed by atoms with van der Waals surface area (Å²) in [4.78, 5) is 12.9. The highest BCUT2D eigenvalue weighted by Gasteiger charge is 2.68. The van der Waals surface area contributed by atoms with Gasteiger partial charge >= 0.3 is 13.1 Å².